The van der Waals surface area contributed by atoms with Crippen LogP contribution in [0.2, 0.25) is 0 Å². The summed E-state index contributed by atoms with van der Waals surface area (Å²) in [4.78, 5) is 25.1. The van der Waals surface area contributed by atoms with Gasteiger partial charge >= 0.3 is 0 Å². The molecular formula is C17H15FN2O4. The Kier molecular flexibility index (Phi) is 4.33. The van der Waals surface area contributed by atoms with Crippen molar-refractivity contribution < 1.29 is 23.5 Å². The van der Waals surface area contributed by atoms with Gasteiger partial charge in [0.15, 0.2) is 13.2 Å². The molecule has 1 heterocycles. The monoisotopic (exact) mass is 330 g/mol. The molecule has 7 heteroatoms. The number of nitrogens with zero attached hydrogens (tertiary/aromatic N) is 1. The highest BCUT2D eigenvalue weighted by Crippen LogP contribution is 2.33. The Morgan fingerprint density at radius 2 is 2.17 bits per heavy atom. The van der Waals surface area contributed by atoms with Crippen molar-refractivity contribution in [1.82, 2.24) is 0 Å². The standard InChI is InChI=1S/C17H15FN2O4/c1-20-14-8-12(5-6-15(14)24-10-17(20)22)19-16(21)9-23-13-4-2-3-11(18)7-13/h2-8H,9-10H2,1H3,(H,19,21). The lowest BCUT2D eigenvalue weighted by Gasteiger charge is -2.26. The quantitative estimate of drug-likeness (QED) is 0.933. The number of halogens is 1. The predicted octanol–water partition coefficient (Wildman–Crippen LogP) is 2.20. The molecule has 0 bridgehead atoms. The minimum absolute atomic E-state index is 0.00329. The Morgan fingerprint density at radius 1 is 1.33 bits per heavy atom. The minimum Gasteiger partial charge on any atom is -0.484 e. The minimum atomic E-state index is -0.435. The molecule has 0 saturated heterocycles. The molecule has 6 nitrogen and oxygen atoms in total. The Morgan fingerprint density at radius 3 is 2.96 bits per heavy atom. The number of hydrogen-bond acceptors (Lipinski definition) is 4. The number of anilines is 2. The second kappa shape index (κ2) is 6.57. The molecule has 0 aromatic heterocycles. The molecule has 0 fully saturated rings. The van der Waals surface area contributed by atoms with Gasteiger partial charge in [-0.05, 0) is 30.3 Å². The normalized spacial score (nSPS) is 13.1. The molecule has 0 spiro atoms. The van der Waals surface area contributed by atoms with Gasteiger partial charge in [0.1, 0.15) is 17.3 Å². The third-order valence-electron chi connectivity index (χ3n) is 3.50. The third-order valence-corrected chi connectivity index (χ3v) is 3.50. The van der Waals surface area contributed by atoms with Crippen LogP contribution in [0.1, 0.15) is 0 Å². The van der Waals surface area contributed by atoms with Crippen molar-refractivity contribution in [3.8, 4) is 11.5 Å². The van der Waals surface area contributed by atoms with Gasteiger partial charge in [-0.1, -0.05) is 6.07 Å². The fourth-order valence-electron chi connectivity index (χ4n) is 2.25. The molecule has 0 atom stereocenters. The first-order valence-corrected chi connectivity index (χ1v) is 7.24. The van der Waals surface area contributed by atoms with Crippen molar-refractivity contribution in [2.75, 3.05) is 30.5 Å². The lowest BCUT2D eigenvalue weighted by Crippen LogP contribution is -2.35. The van der Waals surface area contributed by atoms with E-state index >= 15 is 0 Å². The maximum Gasteiger partial charge on any atom is 0.264 e. The number of amides is 2. The average molecular weight is 330 g/mol. The summed E-state index contributed by atoms with van der Waals surface area (Å²) in [6.45, 7) is -0.261. The number of rotatable bonds is 4. The smallest absolute Gasteiger partial charge is 0.264 e. The van der Waals surface area contributed by atoms with Crippen LogP contribution in [0.25, 0.3) is 0 Å². The number of likely N-dealkylation sites (N-methyl/N-ethyl adjacent to an activating group) is 1. The number of carbonyl (C=O) groups excluding carboxylic acids is 2. The summed E-state index contributed by atoms with van der Waals surface area (Å²) in [5, 5.41) is 2.66. The molecular weight excluding hydrogens is 315 g/mol. The summed E-state index contributed by atoms with van der Waals surface area (Å²) >= 11 is 0. The highest BCUT2D eigenvalue weighted by atomic mass is 19.1. The SMILES string of the molecule is CN1C(=O)COc2ccc(NC(=O)COc3cccc(F)c3)cc21. The lowest BCUT2D eigenvalue weighted by atomic mass is 10.2. The van der Waals surface area contributed by atoms with Crippen molar-refractivity contribution >= 4 is 23.2 Å². The molecule has 0 aliphatic carbocycles. The predicted molar refractivity (Wildman–Crippen MR) is 85.9 cm³/mol. The number of benzene rings is 2. The molecule has 0 unspecified atom stereocenters. The topological polar surface area (TPSA) is 67.9 Å². The second-order valence-electron chi connectivity index (χ2n) is 5.22. The van der Waals surface area contributed by atoms with E-state index in [0.717, 1.165) is 0 Å². The number of fused-ring (bicyclic) bond motifs is 1. The largest absolute Gasteiger partial charge is 0.484 e. The van der Waals surface area contributed by atoms with Gasteiger partial charge in [-0.2, -0.15) is 0 Å². The van der Waals surface area contributed by atoms with E-state index in [9.17, 15) is 14.0 Å². The highest BCUT2D eigenvalue weighted by molar-refractivity contribution is 5.99. The van der Waals surface area contributed by atoms with Crippen LogP contribution in [0.5, 0.6) is 11.5 Å². The Bertz CT molecular complexity index is 794. The number of carbonyl (C=O) groups is 2. The molecule has 1 N–H and O–H groups in total. The van der Waals surface area contributed by atoms with Gasteiger partial charge in [0, 0.05) is 18.8 Å². The van der Waals surface area contributed by atoms with Crippen molar-refractivity contribution in [2.24, 2.45) is 0 Å². The molecule has 2 aromatic carbocycles. The molecule has 1 aliphatic heterocycles. The van der Waals surface area contributed by atoms with E-state index < -0.39 is 11.7 Å². The van der Waals surface area contributed by atoms with E-state index in [1.165, 1.54) is 23.1 Å². The first-order chi connectivity index (χ1) is 11.5. The van der Waals surface area contributed by atoms with Crippen molar-refractivity contribution in [1.29, 1.82) is 0 Å². The first kappa shape index (κ1) is 15.8. The summed E-state index contributed by atoms with van der Waals surface area (Å²) in [7, 11) is 1.64. The Hall–Kier alpha value is -3.09. The molecule has 3 rings (SSSR count). The molecule has 24 heavy (non-hydrogen) atoms. The van der Waals surface area contributed by atoms with Gasteiger partial charge in [-0.3, -0.25) is 9.59 Å². The maximum atomic E-state index is 13.0. The van der Waals surface area contributed by atoms with Crippen LogP contribution in [0, 0.1) is 5.82 Å². The molecule has 2 aromatic rings. The van der Waals surface area contributed by atoms with E-state index in [2.05, 4.69) is 5.32 Å². The van der Waals surface area contributed by atoms with Crippen LogP contribution >= 0.6 is 0 Å². The number of ether oxygens (including phenoxy) is 2. The summed E-state index contributed by atoms with van der Waals surface area (Å²) < 4.78 is 23.6. The fraction of sp³-hybridized carbons (Fsp3) is 0.176. The van der Waals surface area contributed by atoms with Crippen molar-refractivity contribution in [3.05, 3.63) is 48.3 Å². The van der Waals surface area contributed by atoms with Crippen LogP contribution in [0.15, 0.2) is 42.5 Å². The highest BCUT2D eigenvalue weighted by Gasteiger charge is 2.22. The van der Waals surface area contributed by atoms with E-state index in [1.54, 1.807) is 31.3 Å². The van der Waals surface area contributed by atoms with Gasteiger partial charge in [-0.25, -0.2) is 4.39 Å². The van der Waals surface area contributed by atoms with Gasteiger partial charge < -0.3 is 19.7 Å². The summed E-state index contributed by atoms with van der Waals surface area (Å²) in [5.41, 5.74) is 1.09. The molecule has 2 amide bonds. The zero-order chi connectivity index (χ0) is 17.1. The Balaban J connectivity index is 1.63. The van der Waals surface area contributed by atoms with Gasteiger partial charge in [0.05, 0.1) is 5.69 Å². The summed E-state index contributed by atoms with van der Waals surface area (Å²) in [5.74, 6) is -0.152. The molecule has 0 radical (unpaired) electrons. The van der Waals surface area contributed by atoms with E-state index in [1.807, 2.05) is 0 Å². The van der Waals surface area contributed by atoms with Crippen molar-refractivity contribution in [3.63, 3.8) is 0 Å². The van der Waals surface area contributed by atoms with Gasteiger partial charge in [-0.15, -0.1) is 0 Å². The molecule has 1 aliphatic rings. The maximum absolute atomic E-state index is 13.0. The summed E-state index contributed by atoms with van der Waals surface area (Å²) in [6, 6.07) is 10.5. The van der Waals surface area contributed by atoms with Crippen LogP contribution in [-0.4, -0.2) is 32.1 Å². The van der Waals surface area contributed by atoms with Crippen LogP contribution in [0.3, 0.4) is 0 Å². The molecule has 0 saturated carbocycles. The first-order valence-electron chi connectivity index (χ1n) is 7.24. The third kappa shape index (κ3) is 3.45. The zero-order valence-electron chi connectivity index (χ0n) is 12.9. The Labute approximate surface area is 137 Å². The average Bonchev–Trinajstić information content (AvgIpc) is 2.57. The van der Waals surface area contributed by atoms with Crippen LogP contribution in [0.4, 0.5) is 15.8 Å². The fourth-order valence-corrected chi connectivity index (χ4v) is 2.25. The van der Waals surface area contributed by atoms with Crippen LogP contribution in [-0.2, 0) is 9.59 Å². The number of nitrogens with one attached hydrogen (secondary N) is 1. The zero-order valence-corrected chi connectivity index (χ0v) is 12.9. The van der Waals surface area contributed by atoms with Crippen molar-refractivity contribution in [2.45, 2.75) is 0 Å². The van der Waals surface area contributed by atoms with E-state index in [4.69, 9.17) is 9.47 Å². The summed E-state index contributed by atoms with van der Waals surface area (Å²) in [6.07, 6.45) is 0. The lowest BCUT2D eigenvalue weighted by molar-refractivity contribution is -0.121. The molecule has 124 valence electrons. The van der Waals surface area contributed by atoms with E-state index in [-0.39, 0.29) is 24.9 Å². The van der Waals surface area contributed by atoms with Crippen LogP contribution < -0.4 is 19.7 Å². The second-order valence-corrected chi connectivity index (χ2v) is 5.22. The van der Waals surface area contributed by atoms with Gasteiger partial charge in [0.25, 0.3) is 11.8 Å². The van der Waals surface area contributed by atoms with E-state index in [0.29, 0.717) is 17.1 Å². The number of hydrogen-bond donors (Lipinski definition) is 1. The van der Waals surface area contributed by atoms with Gasteiger partial charge in [0.2, 0.25) is 0 Å².